The van der Waals surface area contributed by atoms with Crippen LogP contribution in [0.5, 0.6) is 11.5 Å². The Morgan fingerprint density at radius 3 is 2.62 bits per heavy atom. The highest BCUT2D eigenvalue weighted by atomic mass is 32.1. The molecule has 12 heteroatoms. The molecular formula is C30H27N3O8S. The summed E-state index contributed by atoms with van der Waals surface area (Å²) in [6, 6.07) is 12.5. The largest absolute Gasteiger partial charge is 0.497 e. The standard InChI is InChI=1S/C30H27N3O8S/c1-6-40-29(35)26-17(3)31-30-32(27(26)21-14-19(38-4)9-12-24(21)39-5)28(34)25(42-30)15-20-10-11-23(41-20)18-8-7-16(2)22(13-18)33(36)37/h7-15,27H,6H2,1-5H3/b25-15-/t27-/m0/s1. The number of allylic oxidation sites excluding steroid dienone is 1. The number of rotatable bonds is 8. The maximum atomic E-state index is 13.9. The van der Waals surface area contributed by atoms with Crippen LogP contribution < -0.4 is 24.4 Å². The summed E-state index contributed by atoms with van der Waals surface area (Å²) in [5.41, 5.74) is 1.82. The first kappa shape index (κ1) is 28.6. The van der Waals surface area contributed by atoms with E-state index in [-0.39, 0.29) is 17.9 Å². The number of hydrogen-bond acceptors (Lipinski definition) is 10. The molecule has 2 aromatic carbocycles. The number of thiazole rings is 1. The maximum absolute atomic E-state index is 13.9. The van der Waals surface area contributed by atoms with Crippen molar-refractivity contribution in [2.24, 2.45) is 4.99 Å². The Morgan fingerprint density at radius 1 is 1.14 bits per heavy atom. The number of carbonyl (C=O) groups excluding carboxylic acids is 1. The number of ether oxygens (including phenoxy) is 3. The van der Waals surface area contributed by atoms with Crippen molar-refractivity contribution >= 4 is 29.1 Å². The molecule has 0 radical (unpaired) electrons. The first-order valence-electron chi connectivity index (χ1n) is 12.9. The van der Waals surface area contributed by atoms with E-state index < -0.39 is 22.5 Å². The molecule has 11 nitrogen and oxygen atoms in total. The van der Waals surface area contributed by atoms with Crippen LogP contribution in [0.2, 0.25) is 0 Å². The van der Waals surface area contributed by atoms with Crippen LogP contribution in [0.3, 0.4) is 0 Å². The third-order valence-electron chi connectivity index (χ3n) is 6.84. The second-order valence-electron chi connectivity index (χ2n) is 9.37. The molecule has 0 amide bonds. The summed E-state index contributed by atoms with van der Waals surface area (Å²) in [6.07, 6.45) is 1.58. The third-order valence-corrected chi connectivity index (χ3v) is 7.82. The van der Waals surface area contributed by atoms with Gasteiger partial charge >= 0.3 is 5.97 Å². The minimum absolute atomic E-state index is 0.0143. The van der Waals surface area contributed by atoms with Gasteiger partial charge in [0, 0.05) is 28.8 Å². The van der Waals surface area contributed by atoms with E-state index in [0.29, 0.717) is 54.7 Å². The molecule has 0 unspecified atom stereocenters. The van der Waals surface area contributed by atoms with E-state index in [1.807, 2.05) is 0 Å². The van der Waals surface area contributed by atoms with Gasteiger partial charge in [0.1, 0.15) is 29.1 Å². The van der Waals surface area contributed by atoms with Crippen LogP contribution in [0.15, 0.2) is 74.0 Å². The minimum atomic E-state index is -0.896. The van der Waals surface area contributed by atoms with Crippen molar-refractivity contribution < 1.29 is 28.3 Å². The average Bonchev–Trinajstić information content (AvgIpc) is 3.56. The van der Waals surface area contributed by atoms with Crippen LogP contribution in [0.25, 0.3) is 17.4 Å². The second-order valence-corrected chi connectivity index (χ2v) is 10.4. The van der Waals surface area contributed by atoms with Crippen molar-refractivity contribution in [1.29, 1.82) is 0 Å². The van der Waals surface area contributed by atoms with Gasteiger partial charge in [-0.05, 0) is 51.1 Å². The minimum Gasteiger partial charge on any atom is -0.497 e. The molecule has 5 rings (SSSR count). The first-order chi connectivity index (χ1) is 20.2. The molecule has 1 atom stereocenters. The van der Waals surface area contributed by atoms with Gasteiger partial charge in [0.05, 0.1) is 41.6 Å². The Morgan fingerprint density at radius 2 is 1.93 bits per heavy atom. The average molecular weight is 590 g/mol. The monoisotopic (exact) mass is 589 g/mol. The van der Waals surface area contributed by atoms with Crippen molar-refractivity contribution in [2.75, 3.05) is 20.8 Å². The highest BCUT2D eigenvalue weighted by Crippen LogP contribution is 2.38. The molecule has 1 aliphatic heterocycles. The van der Waals surface area contributed by atoms with Crippen molar-refractivity contribution in [1.82, 2.24) is 4.57 Å². The van der Waals surface area contributed by atoms with Crippen LogP contribution in [-0.4, -0.2) is 36.3 Å². The lowest BCUT2D eigenvalue weighted by Crippen LogP contribution is -2.40. The second kappa shape index (κ2) is 11.5. The maximum Gasteiger partial charge on any atom is 0.338 e. The summed E-state index contributed by atoms with van der Waals surface area (Å²) in [5, 5.41) is 11.4. The number of nitro groups is 1. The number of fused-ring (bicyclic) bond motifs is 1. The molecular weight excluding hydrogens is 562 g/mol. The molecule has 1 aliphatic rings. The number of nitrogens with zero attached hydrogens (tertiary/aromatic N) is 3. The predicted octanol–water partition coefficient (Wildman–Crippen LogP) is 4.29. The fourth-order valence-corrected chi connectivity index (χ4v) is 5.84. The lowest BCUT2D eigenvalue weighted by Gasteiger charge is -2.26. The zero-order valence-corrected chi connectivity index (χ0v) is 24.3. The van der Waals surface area contributed by atoms with Gasteiger partial charge in [0.25, 0.3) is 11.2 Å². The summed E-state index contributed by atoms with van der Waals surface area (Å²) < 4.78 is 24.1. The molecule has 0 saturated heterocycles. The summed E-state index contributed by atoms with van der Waals surface area (Å²) in [4.78, 5) is 43.1. The highest BCUT2D eigenvalue weighted by molar-refractivity contribution is 7.07. The molecule has 216 valence electrons. The van der Waals surface area contributed by atoms with Gasteiger partial charge in [0.2, 0.25) is 0 Å². The van der Waals surface area contributed by atoms with E-state index in [9.17, 15) is 19.7 Å². The fourth-order valence-electron chi connectivity index (χ4n) is 4.81. The fraction of sp³-hybridized carbons (Fsp3) is 0.233. The lowest BCUT2D eigenvalue weighted by atomic mass is 9.95. The Bertz CT molecular complexity index is 1930. The molecule has 0 bridgehead atoms. The number of aryl methyl sites for hydroxylation is 1. The summed E-state index contributed by atoms with van der Waals surface area (Å²) in [6.45, 7) is 5.21. The molecule has 42 heavy (non-hydrogen) atoms. The predicted molar refractivity (Wildman–Crippen MR) is 155 cm³/mol. The smallest absolute Gasteiger partial charge is 0.338 e. The van der Waals surface area contributed by atoms with Gasteiger partial charge in [-0.3, -0.25) is 19.5 Å². The van der Waals surface area contributed by atoms with E-state index in [2.05, 4.69) is 4.99 Å². The summed E-state index contributed by atoms with van der Waals surface area (Å²) in [5.74, 6) is 1.16. The van der Waals surface area contributed by atoms with Gasteiger partial charge in [-0.25, -0.2) is 9.79 Å². The molecule has 3 heterocycles. The quantitative estimate of drug-likeness (QED) is 0.169. The van der Waals surface area contributed by atoms with Crippen molar-refractivity contribution in [3.05, 3.63) is 106 Å². The van der Waals surface area contributed by atoms with Gasteiger partial charge < -0.3 is 18.6 Å². The van der Waals surface area contributed by atoms with Crippen LogP contribution in [0, 0.1) is 17.0 Å². The zero-order chi connectivity index (χ0) is 30.1. The Kier molecular flexibility index (Phi) is 7.81. The number of benzene rings is 2. The normalized spacial score (nSPS) is 14.8. The first-order valence-corrected chi connectivity index (χ1v) is 13.7. The number of esters is 1. The van der Waals surface area contributed by atoms with Crippen molar-refractivity contribution in [3.63, 3.8) is 0 Å². The summed E-state index contributed by atoms with van der Waals surface area (Å²) in [7, 11) is 3.03. The van der Waals surface area contributed by atoms with E-state index in [1.54, 1.807) is 69.3 Å². The van der Waals surface area contributed by atoms with Crippen molar-refractivity contribution in [2.45, 2.75) is 26.8 Å². The van der Waals surface area contributed by atoms with E-state index in [0.717, 1.165) is 11.3 Å². The lowest BCUT2D eigenvalue weighted by molar-refractivity contribution is -0.385. The molecule has 0 saturated carbocycles. The van der Waals surface area contributed by atoms with Gasteiger partial charge in [-0.1, -0.05) is 23.5 Å². The summed E-state index contributed by atoms with van der Waals surface area (Å²) >= 11 is 1.14. The number of carbonyl (C=O) groups is 1. The highest BCUT2D eigenvalue weighted by Gasteiger charge is 2.35. The Balaban J connectivity index is 1.66. The van der Waals surface area contributed by atoms with Gasteiger partial charge in [0.15, 0.2) is 4.80 Å². The molecule has 0 fully saturated rings. The topological polar surface area (TPSA) is 135 Å². The molecule has 0 N–H and O–H groups in total. The Hall–Kier alpha value is -4.97. The van der Waals surface area contributed by atoms with Gasteiger partial charge in [-0.2, -0.15) is 0 Å². The van der Waals surface area contributed by atoms with Crippen LogP contribution in [-0.2, 0) is 9.53 Å². The van der Waals surface area contributed by atoms with E-state index >= 15 is 0 Å². The van der Waals surface area contributed by atoms with Gasteiger partial charge in [-0.15, -0.1) is 0 Å². The van der Waals surface area contributed by atoms with Crippen molar-refractivity contribution in [3.8, 4) is 22.8 Å². The zero-order valence-electron chi connectivity index (χ0n) is 23.5. The SMILES string of the molecule is CCOC(=O)C1=C(C)N=c2s/c(=C\c3ccc(-c4ccc(C)c([N+](=O)[O-])c4)o3)c(=O)n2[C@H]1c1cc(OC)ccc1OC. The third kappa shape index (κ3) is 5.12. The molecule has 0 aliphatic carbocycles. The molecule has 2 aromatic heterocycles. The van der Waals surface area contributed by atoms with E-state index in [1.165, 1.54) is 24.9 Å². The van der Waals surface area contributed by atoms with E-state index in [4.69, 9.17) is 18.6 Å². The van der Waals surface area contributed by atoms with Crippen LogP contribution in [0.4, 0.5) is 5.69 Å². The number of furan rings is 1. The number of hydrogen-bond donors (Lipinski definition) is 0. The Labute approximate surface area is 243 Å². The van der Waals surface area contributed by atoms with Crippen LogP contribution >= 0.6 is 11.3 Å². The molecule has 0 spiro atoms. The van der Waals surface area contributed by atoms with Crippen LogP contribution in [0.1, 0.15) is 36.8 Å². The molecule has 4 aromatic rings. The number of methoxy groups -OCH3 is 2. The number of nitro benzene ring substituents is 1. The number of aromatic nitrogens is 1.